The minimum Gasteiger partial charge on any atom is -0.494 e. The fourth-order valence-corrected chi connectivity index (χ4v) is 3.94. The maximum Gasteiger partial charge on any atom is 0.338 e. The summed E-state index contributed by atoms with van der Waals surface area (Å²) in [7, 11) is 1.41. The molecule has 10 heteroatoms. The molecule has 1 heterocycles. The van der Waals surface area contributed by atoms with Crippen LogP contribution in [0.1, 0.15) is 33.2 Å². The summed E-state index contributed by atoms with van der Waals surface area (Å²) in [6.45, 7) is 2.36. The molecular weight excluding hydrogens is 497 g/mol. The van der Waals surface area contributed by atoms with Gasteiger partial charge in [-0.25, -0.2) is 4.79 Å². The van der Waals surface area contributed by atoms with Crippen LogP contribution in [0.4, 0.5) is 5.69 Å². The van der Waals surface area contributed by atoms with Crippen LogP contribution in [0.5, 0.6) is 5.75 Å². The second-order valence-corrected chi connectivity index (χ2v) is 8.17. The second-order valence-electron chi connectivity index (χ2n) is 6.94. The van der Waals surface area contributed by atoms with Gasteiger partial charge in [-0.3, -0.25) is 15.1 Å². The highest BCUT2D eigenvalue weighted by Crippen LogP contribution is 2.32. The van der Waals surface area contributed by atoms with Crippen LogP contribution in [0.25, 0.3) is 0 Å². The van der Waals surface area contributed by atoms with Gasteiger partial charge in [-0.1, -0.05) is 23.2 Å². The third kappa shape index (κ3) is 6.22. The molecule has 3 aromatic rings. The number of amides is 1. The molecule has 0 radical (unpaired) electrons. The number of hydrogen-bond donors (Lipinski definition) is 1. The number of anilines is 1. The molecule has 0 saturated carbocycles. The maximum atomic E-state index is 13.0. The van der Waals surface area contributed by atoms with Gasteiger partial charge in [0.1, 0.15) is 5.75 Å². The lowest BCUT2D eigenvalue weighted by atomic mass is 10.1. The van der Waals surface area contributed by atoms with Gasteiger partial charge in [-0.05, 0) is 73.2 Å². The van der Waals surface area contributed by atoms with E-state index in [1.807, 2.05) is 12.1 Å². The number of hydrogen-bond acceptors (Lipinski definition) is 6. The molecule has 1 amide bonds. The number of methoxy groups -OCH3 is 1. The molecule has 34 heavy (non-hydrogen) atoms. The number of carbonyl (C=O) groups is 2. The van der Waals surface area contributed by atoms with Crippen LogP contribution in [0.15, 0.2) is 60.9 Å². The number of thiocarbonyl (C=S) groups is 1. The van der Waals surface area contributed by atoms with E-state index in [2.05, 4.69) is 10.3 Å². The van der Waals surface area contributed by atoms with E-state index in [1.54, 1.807) is 48.5 Å². The van der Waals surface area contributed by atoms with E-state index in [4.69, 9.17) is 44.9 Å². The first-order valence-electron chi connectivity index (χ1n) is 10.2. The molecule has 0 unspecified atom stereocenters. The Balaban J connectivity index is 1.90. The van der Waals surface area contributed by atoms with Gasteiger partial charge in [-0.2, -0.15) is 0 Å². The number of esters is 1. The first kappa shape index (κ1) is 25.4. The SMILES string of the molecule is CCOC(=O)c1ccc(N(Cc2ccncc2)C(=S)NC(=O)c2cc(Cl)cc(Cl)c2OC)cc1. The smallest absolute Gasteiger partial charge is 0.338 e. The van der Waals surface area contributed by atoms with Crippen LogP contribution in [0.2, 0.25) is 10.0 Å². The van der Waals surface area contributed by atoms with E-state index in [0.29, 0.717) is 17.8 Å². The highest BCUT2D eigenvalue weighted by molar-refractivity contribution is 7.80. The molecule has 176 valence electrons. The van der Waals surface area contributed by atoms with Crippen molar-refractivity contribution in [2.75, 3.05) is 18.6 Å². The number of benzene rings is 2. The average molecular weight is 518 g/mol. The number of carbonyl (C=O) groups excluding carboxylic acids is 2. The number of nitrogens with zero attached hydrogens (tertiary/aromatic N) is 2. The Labute approximate surface area is 212 Å². The normalized spacial score (nSPS) is 10.4. The zero-order valence-electron chi connectivity index (χ0n) is 18.4. The van der Waals surface area contributed by atoms with Gasteiger partial charge in [0.05, 0.1) is 36.4 Å². The summed E-state index contributed by atoms with van der Waals surface area (Å²) in [5.41, 5.74) is 2.11. The van der Waals surface area contributed by atoms with Crippen molar-refractivity contribution in [3.05, 3.63) is 87.7 Å². The van der Waals surface area contributed by atoms with Gasteiger partial charge in [0, 0.05) is 23.1 Å². The molecule has 0 saturated heterocycles. The first-order chi connectivity index (χ1) is 16.3. The van der Waals surface area contributed by atoms with Crippen molar-refractivity contribution < 1.29 is 19.1 Å². The van der Waals surface area contributed by atoms with Crippen molar-refractivity contribution >= 4 is 58.1 Å². The summed E-state index contributed by atoms with van der Waals surface area (Å²) < 4.78 is 10.3. The van der Waals surface area contributed by atoms with Crippen LogP contribution in [0.3, 0.4) is 0 Å². The summed E-state index contributed by atoms with van der Waals surface area (Å²) in [4.78, 5) is 30.8. The molecule has 7 nitrogen and oxygen atoms in total. The number of ether oxygens (including phenoxy) is 2. The third-order valence-corrected chi connectivity index (χ3v) is 5.52. The van der Waals surface area contributed by atoms with E-state index in [-0.39, 0.29) is 33.1 Å². The van der Waals surface area contributed by atoms with Gasteiger partial charge >= 0.3 is 5.97 Å². The molecule has 1 N–H and O–H groups in total. The maximum absolute atomic E-state index is 13.0. The van der Waals surface area contributed by atoms with Crippen molar-refractivity contribution in [3.63, 3.8) is 0 Å². The van der Waals surface area contributed by atoms with Crippen LogP contribution in [-0.4, -0.2) is 35.7 Å². The zero-order chi connectivity index (χ0) is 24.7. The van der Waals surface area contributed by atoms with Crippen LogP contribution in [0, 0.1) is 0 Å². The summed E-state index contributed by atoms with van der Waals surface area (Å²) >= 11 is 17.8. The van der Waals surface area contributed by atoms with E-state index < -0.39 is 11.9 Å². The van der Waals surface area contributed by atoms with Crippen molar-refractivity contribution in [2.24, 2.45) is 0 Å². The number of halogens is 2. The monoisotopic (exact) mass is 517 g/mol. The fourth-order valence-electron chi connectivity index (χ4n) is 3.11. The molecule has 0 aliphatic rings. The minimum atomic E-state index is -0.533. The summed E-state index contributed by atoms with van der Waals surface area (Å²) in [6, 6.07) is 13.3. The number of rotatable bonds is 7. The summed E-state index contributed by atoms with van der Waals surface area (Å²) in [5, 5.41) is 3.33. The van der Waals surface area contributed by atoms with Gasteiger partial charge in [-0.15, -0.1) is 0 Å². The highest BCUT2D eigenvalue weighted by Gasteiger charge is 2.21. The standard InChI is InChI=1S/C24H21Cl2N3O4S/c1-3-33-23(31)16-4-6-18(7-5-16)29(14-15-8-10-27-11-9-15)24(34)28-22(30)19-12-17(25)13-20(26)21(19)32-2/h4-13H,3,14H2,1-2H3,(H,28,30,34). The molecule has 0 aliphatic carbocycles. The predicted octanol–water partition coefficient (Wildman–Crippen LogP) is 5.30. The lowest BCUT2D eigenvalue weighted by Crippen LogP contribution is -2.42. The molecule has 0 fully saturated rings. The largest absolute Gasteiger partial charge is 0.494 e. The van der Waals surface area contributed by atoms with E-state index in [9.17, 15) is 9.59 Å². The Hall–Kier alpha value is -3.20. The summed E-state index contributed by atoms with van der Waals surface area (Å²) in [6.07, 6.45) is 3.33. The molecule has 0 bridgehead atoms. The first-order valence-corrected chi connectivity index (χ1v) is 11.3. The third-order valence-electron chi connectivity index (χ3n) is 4.70. The van der Waals surface area contributed by atoms with Gasteiger partial charge in [0.15, 0.2) is 5.11 Å². The number of aromatic nitrogens is 1. The Bertz CT molecular complexity index is 1190. The zero-order valence-corrected chi connectivity index (χ0v) is 20.7. The van der Waals surface area contributed by atoms with Gasteiger partial charge in [0.25, 0.3) is 5.91 Å². The average Bonchev–Trinajstić information content (AvgIpc) is 2.83. The van der Waals surface area contributed by atoms with Gasteiger partial charge in [0.2, 0.25) is 0 Å². The predicted molar refractivity (Wildman–Crippen MR) is 136 cm³/mol. The van der Waals surface area contributed by atoms with E-state index in [1.165, 1.54) is 19.2 Å². The van der Waals surface area contributed by atoms with Crippen LogP contribution < -0.4 is 15.0 Å². The molecule has 0 aliphatic heterocycles. The number of nitrogens with one attached hydrogen (secondary N) is 1. The Kier molecular flexibility index (Phi) is 8.81. The Morgan fingerprint density at radius 1 is 1.09 bits per heavy atom. The molecule has 1 aromatic heterocycles. The van der Waals surface area contributed by atoms with Crippen molar-refractivity contribution in [3.8, 4) is 5.75 Å². The van der Waals surface area contributed by atoms with Crippen molar-refractivity contribution in [1.82, 2.24) is 10.3 Å². The Morgan fingerprint density at radius 2 is 1.76 bits per heavy atom. The van der Waals surface area contributed by atoms with Gasteiger partial charge < -0.3 is 14.4 Å². The molecule has 0 spiro atoms. The molecule has 0 atom stereocenters. The topological polar surface area (TPSA) is 80.8 Å². The Morgan fingerprint density at radius 3 is 2.38 bits per heavy atom. The van der Waals surface area contributed by atoms with Crippen LogP contribution >= 0.6 is 35.4 Å². The van der Waals surface area contributed by atoms with Crippen LogP contribution in [-0.2, 0) is 11.3 Å². The fraction of sp³-hybridized carbons (Fsp3) is 0.167. The minimum absolute atomic E-state index is 0.129. The van der Waals surface area contributed by atoms with Crippen molar-refractivity contribution in [1.29, 1.82) is 0 Å². The number of pyridine rings is 1. The van der Waals surface area contributed by atoms with E-state index in [0.717, 1.165) is 5.56 Å². The van der Waals surface area contributed by atoms with E-state index >= 15 is 0 Å². The van der Waals surface area contributed by atoms with Crippen molar-refractivity contribution in [2.45, 2.75) is 13.5 Å². The lowest BCUT2D eigenvalue weighted by Gasteiger charge is -2.26. The summed E-state index contributed by atoms with van der Waals surface area (Å²) in [5.74, 6) is -0.768. The highest BCUT2D eigenvalue weighted by atomic mass is 35.5. The molecule has 3 rings (SSSR count). The molecular formula is C24H21Cl2N3O4S. The quantitative estimate of drug-likeness (QED) is 0.336. The second kappa shape index (κ2) is 11.8. The lowest BCUT2D eigenvalue weighted by molar-refractivity contribution is 0.0526. The molecule has 2 aromatic carbocycles.